The van der Waals surface area contributed by atoms with Crippen LogP contribution in [0.2, 0.25) is 5.02 Å². The zero-order valence-corrected chi connectivity index (χ0v) is 9.36. The summed E-state index contributed by atoms with van der Waals surface area (Å²) in [6.07, 6.45) is 3.13. The second-order valence-electron chi connectivity index (χ2n) is 3.10. The number of esters is 1. The van der Waals surface area contributed by atoms with Gasteiger partial charge < -0.3 is 4.74 Å². The molecule has 0 saturated heterocycles. The van der Waals surface area contributed by atoms with Crippen LogP contribution < -0.4 is 0 Å². The van der Waals surface area contributed by atoms with Crippen LogP contribution in [0.15, 0.2) is 24.5 Å². The van der Waals surface area contributed by atoms with Crippen molar-refractivity contribution >= 4 is 28.6 Å². The van der Waals surface area contributed by atoms with Crippen molar-refractivity contribution in [3.8, 4) is 0 Å². The number of fused-ring (bicyclic) bond motifs is 1. The van der Waals surface area contributed by atoms with Crippen molar-refractivity contribution < 1.29 is 9.53 Å². The highest BCUT2D eigenvalue weighted by atomic mass is 35.5. The average molecular weight is 237 g/mol. The first-order chi connectivity index (χ1) is 7.72. The van der Waals surface area contributed by atoms with Gasteiger partial charge >= 0.3 is 5.97 Å². The first-order valence-electron chi connectivity index (χ1n) is 4.79. The van der Waals surface area contributed by atoms with Crippen molar-refractivity contribution in [2.24, 2.45) is 0 Å². The minimum Gasteiger partial charge on any atom is -0.462 e. The lowest BCUT2D eigenvalue weighted by Crippen LogP contribution is -2.05. The molecule has 16 heavy (non-hydrogen) atoms. The van der Waals surface area contributed by atoms with Crippen molar-refractivity contribution in [2.75, 3.05) is 6.61 Å². The van der Waals surface area contributed by atoms with Gasteiger partial charge in [0.1, 0.15) is 0 Å². The van der Waals surface area contributed by atoms with Crippen LogP contribution in [0.1, 0.15) is 17.3 Å². The van der Waals surface area contributed by atoms with Gasteiger partial charge in [-0.15, -0.1) is 0 Å². The molecule has 0 aliphatic heterocycles. The first-order valence-corrected chi connectivity index (χ1v) is 5.17. The largest absolute Gasteiger partial charge is 0.462 e. The molecule has 82 valence electrons. The third-order valence-electron chi connectivity index (χ3n) is 2.05. The van der Waals surface area contributed by atoms with Gasteiger partial charge in [-0.3, -0.25) is 9.97 Å². The molecule has 0 amide bonds. The van der Waals surface area contributed by atoms with Gasteiger partial charge in [-0.25, -0.2) is 4.79 Å². The summed E-state index contributed by atoms with van der Waals surface area (Å²) in [5, 5.41) is 0.325. The zero-order chi connectivity index (χ0) is 11.5. The molecule has 2 rings (SSSR count). The van der Waals surface area contributed by atoms with E-state index in [-0.39, 0.29) is 0 Å². The fourth-order valence-electron chi connectivity index (χ4n) is 1.35. The SMILES string of the molecule is CCOC(=O)c1cc2nccnc2cc1Cl. The van der Waals surface area contributed by atoms with Crippen LogP contribution in [0.25, 0.3) is 11.0 Å². The average Bonchev–Trinajstić information content (AvgIpc) is 2.28. The lowest BCUT2D eigenvalue weighted by molar-refractivity contribution is 0.0527. The maximum atomic E-state index is 11.6. The van der Waals surface area contributed by atoms with E-state index in [9.17, 15) is 4.79 Å². The van der Waals surface area contributed by atoms with Crippen molar-refractivity contribution in [3.05, 3.63) is 35.1 Å². The molecule has 0 N–H and O–H groups in total. The molecule has 0 saturated carbocycles. The second-order valence-corrected chi connectivity index (χ2v) is 3.50. The number of carbonyl (C=O) groups is 1. The van der Waals surface area contributed by atoms with Gasteiger partial charge in [0, 0.05) is 12.4 Å². The zero-order valence-electron chi connectivity index (χ0n) is 8.61. The fourth-order valence-corrected chi connectivity index (χ4v) is 1.59. The lowest BCUT2D eigenvalue weighted by Gasteiger charge is -2.04. The van der Waals surface area contributed by atoms with E-state index < -0.39 is 5.97 Å². The molecule has 0 spiro atoms. The van der Waals surface area contributed by atoms with E-state index in [1.165, 1.54) is 0 Å². The summed E-state index contributed by atoms with van der Waals surface area (Å²) >= 11 is 5.97. The maximum Gasteiger partial charge on any atom is 0.339 e. The van der Waals surface area contributed by atoms with E-state index in [4.69, 9.17) is 16.3 Å². The first kappa shape index (κ1) is 10.8. The minimum absolute atomic E-state index is 0.313. The molecule has 0 bridgehead atoms. The van der Waals surface area contributed by atoms with E-state index in [0.717, 1.165) is 0 Å². The number of nitrogens with zero attached hydrogens (tertiary/aromatic N) is 2. The Morgan fingerprint density at radius 3 is 2.56 bits per heavy atom. The van der Waals surface area contributed by atoms with Gasteiger partial charge in [-0.2, -0.15) is 0 Å². The van der Waals surface area contributed by atoms with Crippen LogP contribution >= 0.6 is 11.6 Å². The third kappa shape index (κ3) is 1.97. The molecular weight excluding hydrogens is 228 g/mol. The van der Waals surface area contributed by atoms with Crippen molar-refractivity contribution in [3.63, 3.8) is 0 Å². The summed E-state index contributed by atoms with van der Waals surface area (Å²) in [7, 11) is 0. The predicted molar refractivity (Wildman–Crippen MR) is 60.5 cm³/mol. The van der Waals surface area contributed by atoms with Gasteiger partial charge in [0.25, 0.3) is 0 Å². The molecule has 1 aromatic heterocycles. The number of hydrogen-bond acceptors (Lipinski definition) is 4. The quantitative estimate of drug-likeness (QED) is 0.752. The molecule has 0 fully saturated rings. The van der Waals surface area contributed by atoms with Gasteiger partial charge in [0.15, 0.2) is 0 Å². The topological polar surface area (TPSA) is 52.1 Å². The van der Waals surface area contributed by atoms with E-state index >= 15 is 0 Å². The van der Waals surface area contributed by atoms with Gasteiger partial charge in [0.05, 0.1) is 28.2 Å². The van der Waals surface area contributed by atoms with Gasteiger partial charge in [-0.05, 0) is 19.1 Å². The summed E-state index contributed by atoms with van der Waals surface area (Å²) in [6.45, 7) is 2.06. The molecule has 1 heterocycles. The van der Waals surface area contributed by atoms with E-state index in [1.807, 2.05) is 0 Å². The Hall–Kier alpha value is -1.68. The Morgan fingerprint density at radius 2 is 1.94 bits per heavy atom. The highest BCUT2D eigenvalue weighted by molar-refractivity contribution is 6.34. The maximum absolute atomic E-state index is 11.6. The van der Waals surface area contributed by atoms with Crippen LogP contribution in [0.3, 0.4) is 0 Å². The summed E-state index contributed by atoms with van der Waals surface area (Å²) in [6, 6.07) is 3.19. The number of ether oxygens (including phenoxy) is 1. The predicted octanol–water partition coefficient (Wildman–Crippen LogP) is 2.46. The number of rotatable bonds is 2. The highest BCUT2D eigenvalue weighted by Gasteiger charge is 2.13. The monoisotopic (exact) mass is 236 g/mol. The van der Waals surface area contributed by atoms with Crippen LogP contribution in [0.5, 0.6) is 0 Å². The molecule has 0 unspecified atom stereocenters. The fraction of sp³-hybridized carbons (Fsp3) is 0.182. The molecule has 2 aromatic rings. The van der Waals surface area contributed by atoms with Crippen molar-refractivity contribution in [2.45, 2.75) is 6.92 Å². The van der Waals surface area contributed by atoms with Crippen LogP contribution in [-0.4, -0.2) is 22.5 Å². The van der Waals surface area contributed by atoms with Crippen molar-refractivity contribution in [1.29, 1.82) is 0 Å². The Bertz CT molecular complexity index is 542. The van der Waals surface area contributed by atoms with Gasteiger partial charge in [-0.1, -0.05) is 11.6 Å². The Labute approximate surface area is 97.2 Å². The lowest BCUT2D eigenvalue weighted by atomic mass is 10.2. The number of hydrogen-bond donors (Lipinski definition) is 0. The van der Waals surface area contributed by atoms with Crippen molar-refractivity contribution in [1.82, 2.24) is 9.97 Å². The van der Waals surface area contributed by atoms with E-state index in [1.54, 1.807) is 31.5 Å². The number of benzene rings is 1. The molecular formula is C11H9ClN2O2. The Kier molecular flexibility index (Phi) is 3.01. The summed E-state index contributed by atoms with van der Waals surface area (Å²) in [5.74, 6) is -0.444. The number of aromatic nitrogens is 2. The molecule has 1 aromatic carbocycles. The smallest absolute Gasteiger partial charge is 0.339 e. The Morgan fingerprint density at radius 1 is 1.31 bits per heavy atom. The summed E-state index contributed by atoms with van der Waals surface area (Å²) in [4.78, 5) is 19.7. The summed E-state index contributed by atoms with van der Waals surface area (Å²) in [5.41, 5.74) is 1.59. The van der Waals surface area contributed by atoms with Gasteiger partial charge in [0.2, 0.25) is 0 Å². The van der Waals surface area contributed by atoms with Crippen LogP contribution in [0.4, 0.5) is 0 Å². The summed E-state index contributed by atoms with van der Waals surface area (Å²) < 4.78 is 4.89. The van der Waals surface area contributed by atoms with E-state index in [0.29, 0.717) is 28.2 Å². The van der Waals surface area contributed by atoms with E-state index in [2.05, 4.69) is 9.97 Å². The Balaban J connectivity index is 2.54. The molecule has 0 radical (unpaired) electrons. The third-order valence-corrected chi connectivity index (χ3v) is 2.37. The second kappa shape index (κ2) is 4.45. The molecule has 4 nitrogen and oxygen atoms in total. The van der Waals surface area contributed by atoms with Crippen LogP contribution in [-0.2, 0) is 4.74 Å². The highest BCUT2D eigenvalue weighted by Crippen LogP contribution is 2.22. The molecule has 5 heteroatoms. The molecule has 0 atom stereocenters. The minimum atomic E-state index is -0.444. The standard InChI is InChI=1S/C11H9ClN2O2/c1-2-16-11(15)7-5-9-10(6-8(7)12)14-4-3-13-9/h3-6H,2H2,1H3. The van der Waals surface area contributed by atoms with Crippen LogP contribution in [0, 0.1) is 0 Å². The molecule has 0 aliphatic carbocycles. The molecule has 0 aliphatic rings. The number of carbonyl (C=O) groups excluding carboxylic acids is 1. The normalized spacial score (nSPS) is 10.4. The number of halogens is 1.